The summed E-state index contributed by atoms with van der Waals surface area (Å²) in [5.41, 5.74) is 2.38. The molecule has 1 unspecified atom stereocenters. The second-order valence-corrected chi connectivity index (χ2v) is 9.45. The lowest BCUT2D eigenvalue weighted by atomic mass is 10.1. The van der Waals surface area contributed by atoms with Crippen molar-refractivity contribution in [1.29, 1.82) is 0 Å². The molecule has 36 heavy (non-hydrogen) atoms. The molecule has 7 nitrogen and oxygen atoms in total. The minimum Gasteiger partial charge on any atom is -0.755 e. The number of nitrogens with zero attached hydrogens (tertiary/aromatic N) is 4. The van der Waals surface area contributed by atoms with Gasteiger partial charge in [0.15, 0.2) is 5.82 Å². The molecule has 0 saturated carbocycles. The molecule has 4 rings (SSSR count). The van der Waals surface area contributed by atoms with Crippen LogP contribution in [0.1, 0.15) is 32.7 Å². The third kappa shape index (κ3) is 5.64. The average Bonchev–Trinajstić information content (AvgIpc) is 3.28. The standard InChI is InChI=1S/C25H22F2N4O3S2/c1-16-8-11-20(25(32)30(2)15-18-9-10-19(26)14-21(18)27)23(12-16)31(36(33)34)24-22(28-35-29-24)13-17-6-4-3-5-7-17/h3-12,14H,13,15H2,1-2H3,(H,33,34)/p-1. The van der Waals surface area contributed by atoms with Crippen molar-refractivity contribution in [3.63, 3.8) is 0 Å². The van der Waals surface area contributed by atoms with Gasteiger partial charge in [-0.15, -0.1) is 0 Å². The molecule has 186 valence electrons. The van der Waals surface area contributed by atoms with Crippen molar-refractivity contribution in [2.24, 2.45) is 0 Å². The molecule has 4 aromatic rings. The normalized spacial score (nSPS) is 11.8. The van der Waals surface area contributed by atoms with E-state index in [1.807, 2.05) is 30.3 Å². The number of aryl methyl sites for hydroxylation is 1. The molecular formula is C25H21F2N4O3S2-. The van der Waals surface area contributed by atoms with Crippen LogP contribution in [0.2, 0.25) is 0 Å². The van der Waals surface area contributed by atoms with Gasteiger partial charge in [0.05, 0.1) is 34.2 Å². The van der Waals surface area contributed by atoms with Crippen LogP contribution in [0.3, 0.4) is 0 Å². The molecule has 0 aliphatic rings. The van der Waals surface area contributed by atoms with Crippen LogP contribution in [0.5, 0.6) is 0 Å². The summed E-state index contributed by atoms with van der Waals surface area (Å²) in [5.74, 6) is -1.94. The summed E-state index contributed by atoms with van der Waals surface area (Å²) in [6, 6.07) is 17.3. The Labute approximate surface area is 213 Å². The van der Waals surface area contributed by atoms with Gasteiger partial charge in [0.2, 0.25) is 0 Å². The van der Waals surface area contributed by atoms with E-state index in [-0.39, 0.29) is 29.2 Å². The van der Waals surface area contributed by atoms with Gasteiger partial charge in [-0.05, 0) is 36.2 Å². The molecule has 0 saturated heterocycles. The quantitative estimate of drug-likeness (QED) is 0.304. The zero-order valence-corrected chi connectivity index (χ0v) is 21.0. The van der Waals surface area contributed by atoms with Crippen molar-refractivity contribution in [2.45, 2.75) is 19.9 Å². The second-order valence-electron chi connectivity index (χ2n) is 8.13. The fourth-order valence-corrected chi connectivity index (χ4v) is 4.90. The van der Waals surface area contributed by atoms with Gasteiger partial charge in [0.25, 0.3) is 5.91 Å². The highest BCUT2D eigenvalue weighted by Gasteiger charge is 2.26. The third-order valence-electron chi connectivity index (χ3n) is 5.46. The van der Waals surface area contributed by atoms with E-state index >= 15 is 0 Å². The van der Waals surface area contributed by atoms with Gasteiger partial charge in [0.1, 0.15) is 17.3 Å². The van der Waals surface area contributed by atoms with Crippen LogP contribution in [0, 0.1) is 18.6 Å². The largest absolute Gasteiger partial charge is 0.755 e. The van der Waals surface area contributed by atoms with Crippen LogP contribution < -0.4 is 4.31 Å². The zero-order valence-electron chi connectivity index (χ0n) is 19.4. The number of halogens is 2. The Balaban J connectivity index is 1.71. The van der Waals surface area contributed by atoms with E-state index in [9.17, 15) is 22.3 Å². The first-order chi connectivity index (χ1) is 17.2. The van der Waals surface area contributed by atoms with E-state index in [2.05, 4.69) is 8.75 Å². The van der Waals surface area contributed by atoms with Crippen LogP contribution in [0.4, 0.5) is 20.3 Å². The summed E-state index contributed by atoms with van der Waals surface area (Å²) in [6.07, 6.45) is 0.346. The second kappa shape index (κ2) is 11.0. The van der Waals surface area contributed by atoms with Crippen LogP contribution in [0.25, 0.3) is 0 Å². The molecule has 1 heterocycles. The molecule has 0 bridgehead atoms. The van der Waals surface area contributed by atoms with E-state index in [0.29, 0.717) is 12.1 Å². The van der Waals surface area contributed by atoms with Crippen LogP contribution in [0.15, 0.2) is 66.7 Å². The van der Waals surface area contributed by atoms with Gasteiger partial charge in [-0.1, -0.05) is 42.5 Å². The van der Waals surface area contributed by atoms with E-state index in [0.717, 1.165) is 39.3 Å². The smallest absolute Gasteiger partial charge is 0.256 e. The molecule has 0 aliphatic carbocycles. The Bertz CT molecular complexity index is 1420. The number of benzene rings is 3. The predicted octanol–water partition coefficient (Wildman–Crippen LogP) is 4.92. The van der Waals surface area contributed by atoms with Gasteiger partial charge in [0, 0.05) is 31.6 Å². The molecule has 0 spiro atoms. The average molecular weight is 528 g/mol. The van der Waals surface area contributed by atoms with E-state index < -0.39 is 28.8 Å². The van der Waals surface area contributed by atoms with Gasteiger partial charge in [-0.3, -0.25) is 13.3 Å². The monoisotopic (exact) mass is 527 g/mol. The Morgan fingerprint density at radius 3 is 2.50 bits per heavy atom. The highest BCUT2D eigenvalue weighted by atomic mass is 32.2. The number of carbonyl (C=O) groups excluding carboxylic acids is 1. The van der Waals surface area contributed by atoms with Crippen LogP contribution in [-0.4, -0.2) is 35.4 Å². The first-order valence-corrected chi connectivity index (χ1v) is 12.6. The van der Waals surface area contributed by atoms with E-state index in [1.165, 1.54) is 24.1 Å². The fraction of sp³-hybridized carbons (Fsp3) is 0.160. The molecule has 1 amide bonds. The lowest BCUT2D eigenvalue weighted by molar-refractivity contribution is 0.0784. The minimum atomic E-state index is -2.83. The minimum absolute atomic E-state index is 0.0773. The van der Waals surface area contributed by atoms with Crippen molar-refractivity contribution < 1.29 is 22.3 Å². The molecule has 1 atom stereocenters. The number of hydrogen-bond acceptors (Lipinski definition) is 6. The predicted molar refractivity (Wildman–Crippen MR) is 134 cm³/mol. The fourth-order valence-electron chi connectivity index (χ4n) is 3.70. The van der Waals surface area contributed by atoms with Gasteiger partial charge < -0.3 is 9.45 Å². The number of hydrogen-bond donors (Lipinski definition) is 0. The van der Waals surface area contributed by atoms with Gasteiger partial charge in [-0.25, -0.2) is 8.78 Å². The number of anilines is 2. The van der Waals surface area contributed by atoms with Crippen LogP contribution in [-0.2, 0) is 24.2 Å². The zero-order chi connectivity index (χ0) is 25.8. The molecular weight excluding hydrogens is 506 g/mol. The van der Waals surface area contributed by atoms with Gasteiger partial charge in [-0.2, -0.15) is 8.75 Å². The highest BCUT2D eigenvalue weighted by molar-refractivity contribution is 7.81. The Kier molecular flexibility index (Phi) is 7.82. The molecule has 1 aromatic heterocycles. The third-order valence-corrected chi connectivity index (χ3v) is 6.69. The topological polar surface area (TPSA) is 89.5 Å². The summed E-state index contributed by atoms with van der Waals surface area (Å²) in [4.78, 5) is 14.6. The summed E-state index contributed by atoms with van der Waals surface area (Å²) < 4.78 is 61.9. The number of carbonyl (C=O) groups is 1. The molecule has 11 heteroatoms. The highest BCUT2D eigenvalue weighted by Crippen LogP contribution is 2.34. The lowest BCUT2D eigenvalue weighted by Crippen LogP contribution is -2.30. The van der Waals surface area contributed by atoms with Crippen molar-refractivity contribution in [1.82, 2.24) is 13.6 Å². The first-order valence-electron chi connectivity index (χ1n) is 10.8. The van der Waals surface area contributed by atoms with Crippen molar-refractivity contribution in [3.8, 4) is 0 Å². The summed E-state index contributed by atoms with van der Waals surface area (Å²) >= 11 is -1.96. The molecule has 0 radical (unpaired) electrons. The molecule has 0 fully saturated rings. The molecule has 0 aliphatic heterocycles. The van der Waals surface area contributed by atoms with E-state index in [4.69, 9.17) is 0 Å². The number of aromatic nitrogens is 2. The van der Waals surface area contributed by atoms with Crippen molar-refractivity contribution in [2.75, 3.05) is 11.4 Å². The molecule has 3 aromatic carbocycles. The summed E-state index contributed by atoms with van der Waals surface area (Å²) in [6.45, 7) is 1.63. The van der Waals surface area contributed by atoms with Crippen molar-refractivity contribution in [3.05, 3.63) is 106 Å². The maximum atomic E-state index is 14.2. The lowest BCUT2D eigenvalue weighted by Gasteiger charge is -2.28. The summed E-state index contributed by atoms with van der Waals surface area (Å²) in [7, 11) is 1.46. The van der Waals surface area contributed by atoms with E-state index in [1.54, 1.807) is 19.1 Å². The number of rotatable bonds is 8. The van der Waals surface area contributed by atoms with Crippen molar-refractivity contribution >= 4 is 40.4 Å². The Morgan fingerprint density at radius 1 is 1.06 bits per heavy atom. The summed E-state index contributed by atoms with van der Waals surface area (Å²) in [5, 5.41) is 0. The first kappa shape index (κ1) is 25.5. The van der Waals surface area contributed by atoms with Crippen LogP contribution >= 0.6 is 11.7 Å². The Morgan fingerprint density at radius 2 is 1.81 bits per heavy atom. The number of amides is 1. The van der Waals surface area contributed by atoms with Gasteiger partial charge >= 0.3 is 0 Å². The Hall–Kier alpha value is -3.54. The maximum Gasteiger partial charge on any atom is 0.256 e. The maximum absolute atomic E-state index is 14.2. The SMILES string of the molecule is Cc1ccc(C(=O)N(C)Cc2ccc(F)cc2F)c(N(c2nsnc2Cc2ccccc2)S(=O)[O-])c1. The molecule has 0 N–H and O–H groups in total.